The van der Waals surface area contributed by atoms with Crippen LogP contribution >= 0.6 is 0 Å². The van der Waals surface area contributed by atoms with Gasteiger partial charge in [-0.2, -0.15) is 5.26 Å². The van der Waals surface area contributed by atoms with Crippen LogP contribution in [0.3, 0.4) is 0 Å². The second kappa shape index (κ2) is 5.42. The maximum atomic E-state index is 12.3. The van der Waals surface area contributed by atoms with Gasteiger partial charge >= 0.3 is 0 Å². The number of nitriles is 1. The third-order valence-electron chi connectivity index (χ3n) is 3.30. The van der Waals surface area contributed by atoms with Crippen molar-refractivity contribution < 1.29 is 4.79 Å². The minimum Gasteiger partial charge on any atom is -0.342 e. The second-order valence-corrected chi connectivity index (χ2v) is 4.43. The molecule has 1 aromatic rings. The fraction of sp³-hybridized carbons (Fsp3) is 0.429. The van der Waals surface area contributed by atoms with Crippen LogP contribution in [0.5, 0.6) is 0 Å². The molecule has 0 radical (unpaired) electrons. The topological polar surface area (TPSA) is 59.9 Å². The summed E-state index contributed by atoms with van der Waals surface area (Å²) in [6.45, 7) is 0.773. The first-order valence-corrected chi connectivity index (χ1v) is 6.10. The van der Waals surface area contributed by atoms with Gasteiger partial charge in [-0.25, -0.2) is 0 Å². The summed E-state index contributed by atoms with van der Waals surface area (Å²) in [5.41, 5.74) is 0.900. The summed E-state index contributed by atoms with van der Waals surface area (Å²) < 4.78 is 0. The van der Waals surface area contributed by atoms with Crippen molar-refractivity contribution in [2.45, 2.75) is 31.7 Å². The number of carbonyl (C=O) groups is 1. The van der Waals surface area contributed by atoms with Gasteiger partial charge < -0.3 is 9.88 Å². The van der Waals surface area contributed by atoms with Gasteiger partial charge in [0.15, 0.2) is 0 Å². The van der Waals surface area contributed by atoms with Gasteiger partial charge in [-0.15, -0.1) is 12.3 Å². The zero-order chi connectivity index (χ0) is 13.0. The molecule has 1 N–H and O–H groups in total. The molecule has 2 heterocycles. The Morgan fingerprint density at radius 3 is 3.11 bits per heavy atom. The zero-order valence-electron chi connectivity index (χ0n) is 10.1. The minimum atomic E-state index is -0.0315. The van der Waals surface area contributed by atoms with Crippen LogP contribution in [-0.2, 0) is 0 Å². The third-order valence-corrected chi connectivity index (χ3v) is 3.30. The van der Waals surface area contributed by atoms with Crippen LogP contribution in [0.25, 0.3) is 0 Å². The molecule has 1 aromatic heterocycles. The van der Waals surface area contributed by atoms with Crippen LogP contribution < -0.4 is 0 Å². The molecule has 1 fully saturated rings. The lowest BCUT2D eigenvalue weighted by atomic mass is 10.1. The van der Waals surface area contributed by atoms with Gasteiger partial charge in [0.1, 0.15) is 17.5 Å². The van der Waals surface area contributed by atoms with Crippen LogP contribution in [0.2, 0.25) is 0 Å². The van der Waals surface area contributed by atoms with Crippen LogP contribution in [-0.4, -0.2) is 28.4 Å². The predicted octanol–water partition coefficient (Wildman–Crippen LogP) is 1.90. The minimum absolute atomic E-state index is 0.0315. The maximum Gasteiger partial charge on any atom is 0.270 e. The molecule has 0 aromatic carbocycles. The van der Waals surface area contributed by atoms with E-state index in [1.165, 1.54) is 0 Å². The Hall–Kier alpha value is -2.20. The molecule has 0 bridgehead atoms. The van der Waals surface area contributed by atoms with E-state index in [1.807, 2.05) is 11.0 Å². The lowest BCUT2D eigenvalue weighted by Gasteiger charge is -2.23. The third kappa shape index (κ3) is 2.38. The predicted molar refractivity (Wildman–Crippen MR) is 67.6 cm³/mol. The Balaban J connectivity index is 2.08. The lowest BCUT2D eigenvalue weighted by molar-refractivity contribution is 0.0726. The van der Waals surface area contributed by atoms with Crippen molar-refractivity contribution in [3.63, 3.8) is 0 Å². The van der Waals surface area contributed by atoms with Gasteiger partial charge in [0.05, 0.1) is 0 Å². The van der Waals surface area contributed by atoms with E-state index in [0.717, 1.165) is 25.8 Å². The molecule has 2 rings (SSSR count). The molecule has 1 atom stereocenters. The SMILES string of the molecule is C#CCCC1CCCN1C(=O)c1ccc(C#N)[nH]1. The molecule has 92 valence electrons. The fourth-order valence-corrected chi connectivity index (χ4v) is 2.39. The van der Waals surface area contributed by atoms with Gasteiger partial charge in [-0.1, -0.05) is 0 Å². The molecule has 1 aliphatic rings. The molecule has 0 aliphatic carbocycles. The summed E-state index contributed by atoms with van der Waals surface area (Å²) in [6, 6.07) is 5.51. The molecule has 0 spiro atoms. The first kappa shape index (κ1) is 12.3. The quantitative estimate of drug-likeness (QED) is 0.822. The smallest absolute Gasteiger partial charge is 0.270 e. The fourth-order valence-electron chi connectivity index (χ4n) is 2.39. The number of terminal acetylenes is 1. The van der Waals surface area contributed by atoms with E-state index in [4.69, 9.17) is 11.7 Å². The molecular formula is C14H15N3O. The molecule has 0 saturated carbocycles. The number of nitrogens with zero attached hydrogens (tertiary/aromatic N) is 2. The average molecular weight is 241 g/mol. The summed E-state index contributed by atoms with van der Waals surface area (Å²) in [4.78, 5) is 17.0. The van der Waals surface area contributed by atoms with Crippen molar-refractivity contribution in [2.24, 2.45) is 0 Å². The summed E-state index contributed by atoms with van der Waals surface area (Å²) in [5, 5.41) is 8.74. The van der Waals surface area contributed by atoms with Crippen LogP contribution in [0.4, 0.5) is 0 Å². The van der Waals surface area contributed by atoms with Crippen molar-refractivity contribution in [3.8, 4) is 18.4 Å². The summed E-state index contributed by atoms with van der Waals surface area (Å²) in [5.74, 6) is 2.59. The highest BCUT2D eigenvalue weighted by Gasteiger charge is 2.29. The number of aromatic nitrogens is 1. The van der Waals surface area contributed by atoms with Crippen molar-refractivity contribution in [2.75, 3.05) is 6.54 Å². The monoisotopic (exact) mass is 241 g/mol. The molecule has 1 aliphatic heterocycles. The van der Waals surface area contributed by atoms with Crippen LogP contribution in [0.1, 0.15) is 41.9 Å². The Labute approximate surface area is 107 Å². The lowest BCUT2D eigenvalue weighted by Crippen LogP contribution is -2.35. The number of nitrogens with one attached hydrogen (secondary N) is 1. The van der Waals surface area contributed by atoms with Crippen LogP contribution in [0, 0.1) is 23.7 Å². The van der Waals surface area contributed by atoms with E-state index in [-0.39, 0.29) is 11.9 Å². The first-order valence-electron chi connectivity index (χ1n) is 6.10. The van der Waals surface area contributed by atoms with Crippen LogP contribution in [0.15, 0.2) is 12.1 Å². The number of rotatable bonds is 3. The Bertz CT molecular complexity index is 518. The molecule has 4 heteroatoms. The summed E-state index contributed by atoms with van der Waals surface area (Å²) in [6.07, 6.45) is 8.85. The molecule has 4 nitrogen and oxygen atoms in total. The van der Waals surface area contributed by atoms with Crippen molar-refractivity contribution in [1.82, 2.24) is 9.88 Å². The molecule has 1 unspecified atom stereocenters. The van der Waals surface area contributed by atoms with Crippen molar-refractivity contribution in [1.29, 1.82) is 5.26 Å². The Morgan fingerprint density at radius 2 is 2.44 bits per heavy atom. The van der Waals surface area contributed by atoms with Crippen molar-refractivity contribution in [3.05, 3.63) is 23.5 Å². The van der Waals surface area contributed by atoms with Gasteiger partial charge in [0.25, 0.3) is 5.91 Å². The Morgan fingerprint density at radius 1 is 1.61 bits per heavy atom. The summed E-state index contributed by atoms with van der Waals surface area (Å²) in [7, 11) is 0. The van der Waals surface area contributed by atoms with Crippen molar-refractivity contribution >= 4 is 5.91 Å². The van der Waals surface area contributed by atoms with E-state index >= 15 is 0 Å². The van der Waals surface area contributed by atoms with E-state index in [1.54, 1.807) is 12.1 Å². The van der Waals surface area contributed by atoms with E-state index in [9.17, 15) is 4.79 Å². The molecule has 1 saturated heterocycles. The van der Waals surface area contributed by atoms with E-state index < -0.39 is 0 Å². The average Bonchev–Trinajstić information content (AvgIpc) is 3.04. The highest BCUT2D eigenvalue weighted by atomic mass is 16.2. The summed E-state index contributed by atoms with van der Waals surface area (Å²) >= 11 is 0. The zero-order valence-corrected chi connectivity index (χ0v) is 10.1. The number of amides is 1. The second-order valence-electron chi connectivity index (χ2n) is 4.43. The standard InChI is InChI=1S/C14H15N3O/c1-2-3-5-12-6-4-9-17(12)14(18)13-8-7-11(10-15)16-13/h1,7-8,12,16H,3-6,9H2. The highest BCUT2D eigenvalue weighted by Crippen LogP contribution is 2.23. The normalized spacial score (nSPS) is 18.3. The Kier molecular flexibility index (Phi) is 3.69. The number of hydrogen-bond donors (Lipinski definition) is 1. The number of aromatic amines is 1. The maximum absolute atomic E-state index is 12.3. The number of likely N-dealkylation sites (tertiary alicyclic amines) is 1. The molecule has 1 amide bonds. The molecule has 18 heavy (non-hydrogen) atoms. The van der Waals surface area contributed by atoms with Gasteiger partial charge in [-0.3, -0.25) is 4.79 Å². The highest BCUT2D eigenvalue weighted by molar-refractivity contribution is 5.93. The van der Waals surface area contributed by atoms with Gasteiger partial charge in [0, 0.05) is 19.0 Å². The molecular weight excluding hydrogens is 226 g/mol. The van der Waals surface area contributed by atoms with E-state index in [0.29, 0.717) is 17.8 Å². The van der Waals surface area contributed by atoms with Gasteiger partial charge in [-0.05, 0) is 31.4 Å². The largest absolute Gasteiger partial charge is 0.342 e. The number of H-pyrrole nitrogens is 1. The first-order chi connectivity index (χ1) is 8.76. The number of hydrogen-bond acceptors (Lipinski definition) is 2. The number of carbonyl (C=O) groups excluding carboxylic acids is 1. The van der Waals surface area contributed by atoms with E-state index in [2.05, 4.69) is 10.9 Å². The van der Waals surface area contributed by atoms with Gasteiger partial charge in [0.2, 0.25) is 0 Å².